The second-order valence-corrected chi connectivity index (χ2v) is 3.74. The lowest BCUT2D eigenvalue weighted by Crippen LogP contribution is -2.30. The predicted octanol–water partition coefficient (Wildman–Crippen LogP) is 0.729. The molecular formula is C7H12N2OS. The molecule has 0 spiro atoms. The van der Waals surface area contributed by atoms with Gasteiger partial charge in [0.1, 0.15) is 0 Å². The summed E-state index contributed by atoms with van der Waals surface area (Å²) in [5.41, 5.74) is 6.24. The number of nitrogens with zero attached hydrogens (tertiary/aromatic N) is 1. The third kappa shape index (κ3) is 1.89. The zero-order chi connectivity index (χ0) is 8.43. The summed E-state index contributed by atoms with van der Waals surface area (Å²) in [6.45, 7) is 4.41. The van der Waals surface area contributed by atoms with Crippen molar-refractivity contribution < 1.29 is 4.79 Å². The van der Waals surface area contributed by atoms with Gasteiger partial charge in [0.15, 0.2) is 0 Å². The molecule has 0 aromatic heterocycles. The molecule has 0 aromatic rings. The van der Waals surface area contributed by atoms with Crippen molar-refractivity contribution in [3.63, 3.8) is 0 Å². The third-order valence-corrected chi connectivity index (χ3v) is 2.94. The van der Waals surface area contributed by atoms with Crippen LogP contribution in [0.25, 0.3) is 0 Å². The molecule has 62 valence electrons. The van der Waals surface area contributed by atoms with Crippen LogP contribution in [-0.2, 0) is 4.79 Å². The molecule has 1 aliphatic rings. The van der Waals surface area contributed by atoms with Crippen molar-refractivity contribution in [2.75, 3.05) is 12.4 Å². The molecule has 2 N–H and O–H groups in total. The lowest BCUT2D eigenvalue weighted by molar-refractivity contribution is -0.118. The van der Waals surface area contributed by atoms with E-state index in [0.717, 1.165) is 5.88 Å². The Morgan fingerprint density at radius 2 is 2.36 bits per heavy atom. The van der Waals surface area contributed by atoms with Crippen LogP contribution in [-0.4, -0.2) is 23.2 Å². The van der Waals surface area contributed by atoms with E-state index in [2.05, 4.69) is 6.92 Å². The predicted molar refractivity (Wildman–Crippen MR) is 46.7 cm³/mol. The summed E-state index contributed by atoms with van der Waals surface area (Å²) in [6.07, 6.45) is 0. The molecule has 0 unspecified atom stereocenters. The summed E-state index contributed by atoms with van der Waals surface area (Å²) in [5, 5.41) is 0. The number of hydrogen-bond acceptors (Lipinski definition) is 3. The topological polar surface area (TPSA) is 46.3 Å². The van der Waals surface area contributed by atoms with E-state index in [9.17, 15) is 4.79 Å². The second kappa shape index (κ2) is 3.17. The van der Waals surface area contributed by atoms with Gasteiger partial charge >= 0.3 is 0 Å². The Morgan fingerprint density at radius 3 is 2.73 bits per heavy atom. The van der Waals surface area contributed by atoms with Crippen molar-refractivity contribution in [1.82, 2.24) is 4.90 Å². The van der Waals surface area contributed by atoms with Crippen molar-refractivity contribution in [1.29, 1.82) is 0 Å². The van der Waals surface area contributed by atoms with Crippen LogP contribution in [0.2, 0.25) is 0 Å². The number of hydrogen-bond donors (Lipinski definition) is 1. The molecule has 1 rings (SSSR count). The summed E-state index contributed by atoms with van der Waals surface area (Å²) < 4.78 is 0. The van der Waals surface area contributed by atoms with Crippen molar-refractivity contribution in [2.24, 2.45) is 5.73 Å². The average Bonchev–Trinajstić information content (AvgIpc) is 2.18. The molecule has 1 amide bonds. The number of rotatable bonds is 2. The van der Waals surface area contributed by atoms with Crippen molar-refractivity contribution in [3.05, 3.63) is 10.6 Å². The fourth-order valence-electron chi connectivity index (χ4n) is 0.951. The lowest BCUT2D eigenvalue weighted by atomic mass is 10.4. The van der Waals surface area contributed by atoms with E-state index in [1.54, 1.807) is 11.8 Å². The first-order valence-electron chi connectivity index (χ1n) is 3.45. The maximum atomic E-state index is 10.6. The number of allylic oxidation sites excluding steroid dienone is 2. The summed E-state index contributed by atoms with van der Waals surface area (Å²) in [6, 6.07) is 0. The fourth-order valence-corrected chi connectivity index (χ4v) is 1.92. The highest BCUT2D eigenvalue weighted by atomic mass is 32.2. The van der Waals surface area contributed by atoms with Gasteiger partial charge in [-0.25, -0.2) is 0 Å². The first kappa shape index (κ1) is 8.46. The van der Waals surface area contributed by atoms with Crippen LogP contribution in [0.5, 0.6) is 0 Å². The summed E-state index contributed by atoms with van der Waals surface area (Å²) in [5.74, 6) is 0.598. The Hall–Kier alpha value is -0.640. The van der Waals surface area contributed by atoms with Crippen LogP contribution in [0.4, 0.5) is 0 Å². The minimum Gasteiger partial charge on any atom is -0.368 e. The normalized spacial score (nSPS) is 17.8. The quantitative estimate of drug-likeness (QED) is 0.668. The van der Waals surface area contributed by atoms with Gasteiger partial charge in [0.2, 0.25) is 5.91 Å². The first-order valence-corrected chi connectivity index (χ1v) is 4.43. The van der Waals surface area contributed by atoms with Crippen LogP contribution in [0.3, 0.4) is 0 Å². The molecule has 1 heterocycles. The highest BCUT2D eigenvalue weighted by Crippen LogP contribution is 2.30. The van der Waals surface area contributed by atoms with E-state index in [1.165, 1.54) is 10.6 Å². The minimum absolute atomic E-state index is 0.264. The van der Waals surface area contributed by atoms with Gasteiger partial charge in [-0.3, -0.25) is 4.79 Å². The number of nitrogens with two attached hydrogens (primary N) is 1. The molecule has 0 bridgehead atoms. The monoisotopic (exact) mass is 172 g/mol. The van der Waals surface area contributed by atoms with E-state index in [4.69, 9.17) is 5.73 Å². The van der Waals surface area contributed by atoms with Gasteiger partial charge in [-0.05, 0) is 13.8 Å². The Bertz CT molecular complexity index is 212. The molecule has 0 aliphatic carbocycles. The van der Waals surface area contributed by atoms with Gasteiger partial charge in [-0.2, -0.15) is 0 Å². The van der Waals surface area contributed by atoms with E-state index in [1.807, 2.05) is 11.8 Å². The lowest BCUT2D eigenvalue weighted by Gasteiger charge is -2.16. The highest BCUT2D eigenvalue weighted by molar-refractivity contribution is 8.03. The molecule has 0 atom stereocenters. The molecule has 0 radical (unpaired) electrons. The number of primary amides is 1. The number of carbonyl (C=O) groups is 1. The standard InChI is InChI=1S/C7H12N2OS/c1-5-6(2)11-4-9(5)3-7(8)10/h3-4H2,1-2H3,(H2,8,10). The van der Waals surface area contributed by atoms with E-state index >= 15 is 0 Å². The number of thioether (sulfide) groups is 1. The highest BCUT2D eigenvalue weighted by Gasteiger charge is 2.17. The summed E-state index contributed by atoms with van der Waals surface area (Å²) in [7, 11) is 0. The summed E-state index contributed by atoms with van der Waals surface area (Å²) in [4.78, 5) is 13.8. The van der Waals surface area contributed by atoms with Crippen LogP contribution in [0.1, 0.15) is 13.8 Å². The van der Waals surface area contributed by atoms with Crippen LogP contribution in [0, 0.1) is 0 Å². The fraction of sp³-hybridized carbons (Fsp3) is 0.571. The van der Waals surface area contributed by atoms with E-state index in [-0.39, 0.29) is 5.91 Å². The Labute approximate surface area is 70.6 Å². The second-order valence-electron chi connectivity index (χ2n) is 2.58. The number of carbonyl (C=O) groups excluding carboxylic acids is 1. The molecule has 1 aliphatic heterocycles. The Kier molecular flexibility index (Phi) is 2.44. The SMILES string of the molecule is CC1=C(C)N(CC(N)=O)CS1. The van der Waals surface area contributed by atoms with Gasteiger partial charge in [0, 0.05) is 10.6 Å². The minimum atomic E-state index is -0.264. The number of amides is 1. The van der Waals surface area contributed by atoms with Crippen LogP contribution < -0.4 is 5.73 Å². The molecule has 4 heteroatoms. The molecule has 11 heavy (non-hydrogen) atoms. The van der Waals surface area contributed by atoms with E-state index in [0.29, 0.717) is 6.54 Å². The van der Waals surface area contributed by atoms with Gasteiger partial charge in [0.05, 0.1) is 12.4 Å². The average molecular weight is 172 g/mol. The molecule has 0 aromatic carbocycles. The smallest absolute Gasteiger partial charge is 0.236 e. The molecule has 0 fully saturated rings. The van der Waals surface area contributed by atoms with Crippen molar-refractivity contribution in [3.8, 4) is 0 Å². The zero-order valence-corrected chi connectivity index (χ0v) is 7.57. The van der Waals surface area contributed by atoms with Crippen LogP contribution >= 0.6 is 11.8 Å². The molecule has 3 nitrogen and oxygen atoms in total. The maximum absolute atomic E-state index is 10.6. The van der Waals surface area contributed by atoms with Gasteiger partial charge in [-0.1, -0.05) is 0 Å². The Morgan fingerprint density at radius 1 is 1.73 bits per heavy atom. The van der Waals surface area contributed by atoms with Gasteiger partial charge in [-0.15, -0.1) is 11.8 Å². The van der Waals surface area contributed by atoms with Crippen LogP contribution in [0.15, 0.2) is 10.6 Å². The maximum Gasteiger partial charge on any atom is 0.236 e. The molecule has 0 saturated carbocycles. The van der Waals surface area contributed by atoms with E-state index < -0.39 is 0 Å². The Balaban J connectivity index is 2.57. The molecule has 0 saturated heterocycles. The third-order valence-electron chi connectivity index (χ3n) is 1.77. The first-order chi connectivity index (χ1) is 5.11. The van der Waals surface area contributed by atoms with Gasteiger partial charge < -0.3 is 10.6 Å². The molecular weight excluding hydrogens is 160 g/mol. The van der Waals surface area contributed by atoms with Crippen molar-refractivity contribution in [2.45, 2.75) is 13.8 Å². The largest absolute Gasteiger partial charge is 0.368 e. The summed E-state index contributed by atoms with van der Waals surface area (Å²) >= 11 is 1.75. The van der Waals surface area contributed by atoms with Gasteiger partial charge in [0.25, 0.3) is 0 Å². The van der Waals surface area contributed by atoms with Crippen molar-refractivity contribution >= 4 is 17.7 Å². The zero-order valence-electron chi connectivity index (χ0n) is 6.76.